The molecule has 0 aliphatic carbocycles. The van der Waals surface area contributed by atoms with E-state index in [2.05, 4.69) is 46.3 Å². The van der Waals surface area contributed by atoms with Gasteiger partial charge in [0.15, 0.2) is 5.82 Å². The van der Waals surface area contributed by atoms with Gasteiger partial charge >= 0.3 is 0 Å². The first-order chi connectivity index (χ1) is 15.5. The zero-order chi connectivity index (χ0) is 22.5. The number of hydrogen-bond donors (Lipinski definition) is 1. The van der Waals surface area contributed by atoms with E-state index in [1.165, 1.54) is 23.3 Å². The molecule has 1 atom stereocenters. The molecule has 1 N–H and O–H groups in total. The Balaban J connectivity index is 1.43. The Morgan fingerprint density at radius 3 is 2.69 bits per heavy atom. The number of nitrogens with zero attached hydrogens (tertiary/aromatic N) is 3. The summed E-state index contributed by atoms with van der Waals surface area (Å²) in [5, 5.41) is 7.14. The highest BCUT2D eigenvalue weighted by Gasteiger charge is 2.32. The normalized spacial score (nSPS) is 16.2. The first kappa shape index (κ1) is 22.1. The van der Waals surface area contributed by atoms with Gasteiger partial charge in [-0.25, -0.2) is 4.39 Å². The van der Waals surface area contributed by atoms with Gasteiger partial charge in [-0.3, -0.25) is 9.69 Å². The molecule has 7 heteroatoms. The van der Waals surface area contributed by atoms with Crippen LogP contribution in [0.15, 0.2) is 53.1 Å². The number of carbonyl (C=O) groups excluding carboxylic acids is 1. The van der Waals surface area contributed by atoms with Crippen LogP contribution in [0, 0.1) is 11.7 Å². The van der Waals surface area contributed by atoms with Crippen LogP contribution in [-0.2, 0) is 37.1 Å². The Kier molecular flexibility index (Phi) is 6.95. The van der Waals surface area contributed by atoms with E-state index in [-0.39, 0.29) is 17.8 Å². The minimum atomic E-state index is -0.321. The minimum Gasteiger partial charge on any atom is -0.354 e. The topological polar surface area (TPSA) is 71.3 Å². The van der Waals surface area contributed by atoms with Gasteiger partial charge in [0.05, 0.1) is 12.6 Å². The highest BCUT2D eigenvalue weighted by molar-refractivity contribution is 5.82. The van der Waals surface area contributed by atoms with Crippen molar-refractivity contribution in [3.63, 3.8) is 0 Å². The summed E-state index contributed by atoms with van der Waals surface area (Å²) in [4.78, 5) is 19.7. The van der Waals surface area contributed by atoms with E-state index < -0.39 is 0 Å². The molecule has 0 unspecified atom stereocenters. The third-order valence-electron chi connectivity index (χ3n) is 5.71. The fourth-order valence-corrected chi connectivity index (χ4v) is 4.08. The fraction of sp³-hybridized carbons (Fsp3) is 0.400. The van der Waals surface area contributed by atoms with Crippen LogP contribution < -0.4 is 5.32 Å². The van der Waals surface area contributed by atoms with Crippen molar-refractivity contribution in [3.05, 3.63) is 82.8 Å². The van der Waals surface area contributed by atoms with Crippen molar-refractivity contribution in [1.82, 2.24) is 20.4 Å². The van der Waals surface area contributed by atoms with Crippen LogP contribution in [0.1, 0.15) is 42.3 Å². The zero-order valence-electron chi connectivity index (χ0n) is 18.6. The van der Waals surface area contributed by atoms with Gasteiger partial charge in [0.1, 0.15) is 5.82 Å². The number of benzene rings is 2. The molecule has 0 radical (unpaired) electrons. The van der Waals surface area contributed by atoms with E-state index in [0.717, 1.165) is 12.0 Å². The summed E-state index contributed by atoms with van der Waals surface area (Å²) >= 11 is 0. The Morgan fingerprint density at radius 2 is 1.94 bits per heavy atom. The van der Waals surface area contributed by atoms with Crippen LogP contribution in [0.5, 0.6) is 0 Å². The highest BCUT2D eigenvalue weighted by Crippen LogP contribution is 2.25. The first-order valence-corrected chi connectivity index (χ1v) is 11.1. The molecule has 0 bridgehead atoms. The van der Waals surface area contributed by atoms with E-state index in [9.17, 15) is 9.18 Å². The summed E-state index contributed by atoms with van der Waals surface area (Å²) in [6.45, 7) is 5.80. The van der Waals surface area contributed by atoms with Crippen molar-refractivity contribution in [1.29, 1.82) is 0 Å². The van der Waals surface area contributed by atoms with Crippen LogP contribution >= 0.6 is 0 Å². The van der Waals surface area contributed by atoms with Crippen molar-refractivity contribution >= 4 is 5.91 Å². The molecular formula is C25H29FN4O2. The molecule has 0 fully saturated rings. The molecule has 2 heterocycles. The van der Waals surface area contributed by atoms with Gasteiger partial charge < -0.3 is 9.84 Å². The molecule has 168 valence electrons. The average molecular weight is 437 g/mol. The summed E-state index contributed by atoms with van der Waals surface area (Å²) in [6, 6.07) is 14.3. The van der Waals surface area contributed by atoms with Crippen molar-refractivity contribution in [3.8, 4) is 0 Å². The molecule has 1 aromatic heterocycles. The van der Waals surface area contributed by atoms with Gasteiger partial charge in [-0.2, -0.15) is 4.98 Å². The molecule has 0 saturated heterocycles. The second-order valence-corrected chi connectivity index (χ2v) is 8.76. The monoisotopic (exact) mass is 436 g/mol. The Morgan fingerprint density at radius 1 is 1.19 bits per heavy atom. The smallest absolute Gasteiger partial charge is 0.240 e. The van der Waals surface area contributed by atoms with Crippen LogP contribution in [0.3, 0.4) is 0 Å². The third kappa shape index (κ3) is 5.59. The van der Waals surface area contributed by atoms with Gasteiger partial charge in [-0.15, -0.1) is 0 Å². The molecule has 2 aromatic carbocycles. The number of rotatable bonds is 8. The van der Waals surface area contributed by atoms with Gasteiger partial charge in [0, 0.05) is 19.5 Å². The quantitative estimate of drug-likeness (QED) is 0.583. The summed E-state index contributed by atoms with van der Waals surface area (Å²) in [7, 11) is 0. The molecule has 0 saturated carbocycles. The lowest BCUT2D eigenvalue weighted by atomic mass is 9.93. The summed E-state index contributed by atoms with van der Waals surface area (Å²) in [5.41, 5.74) is 3.39. The largest absolute Gasteiger partial charge is 0.354 e. The SMILES string of the molecule is CC(C)Cc1noc(CN2Cc3ccccc3C[C@H]2C(=O)NCCc2ccc(F)cc2)n1. The highest BCUT2D eigenvalue weighted by atomic mass is 19.1. The lowest BCUT2D eigenvalue weighted by Crippen LogP contribution is -2.50. The maximum atomic E-state index is 13.1. The van der Waals surface area contributed by atoms with Crippen molar-refractivity contribution in [2.45, 2.75) is 52.2 Å². The van der Waals surface area contributed by atoms with Crippen LogP contribution in [0.4, 0.5) is 4.39 Å². The predicted octanol–water partition coefficient (Wildman–Crippen LogP) is 3.69. The van der Waals surface area contributed by atoms with Crippen LogP contribution in [0.2, 0.25) is 0 Å². The van der Waals surface area contributed by atoms with Gasteiger partial charge in [0.25, 0.3) is 0 Å². The number of amides is 1. The van der Waals surface area contributed by atoms with E-state index in [1.807, 2.05) is 12.1 Å². The zero-order valence-corrected chi connectivity index (χ0v) is 18.6. The summed E-state index contributed by atoms with van der Waals surface area (Å²) in [5.74, 6) is 1.40. The molecule has 3 aromatic rings. The minimum absolute atomic E-state index is 0.0245. The van der Waals surface area contributed by atoms with E-state index in [4.69, 9.17) is 4.52 Å². The van der Waals surface area contributed by atoms with Gasteiger partial charge in [-0.1, -0.05) is 55.4 Å². The number of nitrogens with one attached hydrogen (secondary N) is 1. The Bertz CT molecular complexity index is 1050. The van der Waals surface area contributed by atoms with Crippen molar-refractivity contribution in [2.75, 3.05) is 6.54 Å². The predicted molar refractivity (Wildman–Crippen MR) is 119 cm³/mol. The molecule has 32 heavy (non-hydrogen) atoms. The molecule has 1 aliphatic rings. The van der Waals surface area contributed by atoms with Crippen LogP contribution in [0.25, 0.3) is 0 Å². The van der Waals surface area contributed by atoms with Crippen molar-refractivity contribution < 1.29 is 13.7 Å². The van der Waals surface area contributed by atoms with Gasteiger partial charge in [0.2, 0.25) is 11.8 Å². The number of carbonyl (C=O) groups is 1. The number of fused-ring (bicyclic) bond motifs is 1. The number of hydrogen-bond acceptors (Lipinski definition) is 5. The fourth-order valence-electron chi connectivity index (χ4n) is 4.08. The maximum absolute atomic E-state index is 13.1. The Hall–Kier alpha value is -3.06. The lowest BCUT2D eigenvalue weighted by Gasteiger charge is -2.35. The maximum Gasteiger partial charge on any atom is 0.240 e. The Labute approximate surface area is 187 Å². The van der Waals surface area contributed by atoms with Crippen molar-refractivity contribution in [2.24, 2.45) is 5.92 Å². The molecule has 1 aliphatic heterocycles. The summed E-state index contributed by atoms with van der Waals surface area (Å²) < 4.78 is 18.6. The molecule has 6 nitrogen and oxygen atoms in total. The number of halogens is 1. The standard InChI is InChI=1S/C25H29FN4O2/c1-17(2)13-23-28-24(32-29-23)16-30-15-20-6-4-3-5-19(20)14-22(30)25(31)27-12-11-18-7-9-21(26)10-8-18/h3-10,17,22H,11-16H2,1-2H3,(H,27,31)/t22-/m0/s1. The molecular weight excluding hydrogens is 407 g/mol. The van der Waals surface area contributed by atoms with Crippen LogP contribution in [-0.4, -0.2) is 33.5 Å². The summed E-state index contributed by atoms with van der Waals surface area (Å²) in [6.07, 6.45) is 2.04. The molecule has 1 amide bonds. The van der Waals surface area contributed by atoms with E-state index in [0.29, 0.717) is 50.1 Å². The lowest BCUT2D eigenvalue weighted by molar-refractivity contribution is -0.127. The second kappa shape index (κ2) is 10.0. The second-order valence-electron chi connectivity index (χ2n) is 8.76. The molecule has 4 rings (SSSR count). The molecule has 0 spiro atoms. The van der Waals surface area contributed by atoms with E-state index in [1.54, 1.807) is 12.1 Å². The first-order valence-electron chi connectivity index (χ1n) is 11.1. The number of aromatic nitrogens is 2. The van der Waals surface area contributed by atoms with Gasteiger partial charge in [-0.05, 0) is 47.6 Å². The average Bonchev–Trinajstić information content (AvgIpc) is 3.20. The third-order valence-corrected chi connectivity index (χ3v) is 5.71. The van der Waals surface area contributed by atoms with E-state index >= 15 is 0 Å².